The van der Waals surface area contributed by atoms with E-state index in [0.29, 0.717) is 13.1 Å². The molecule has 0 radical (unpaired) electrons. The molecule has 5 nitrogen and oxygen atoms in total. The van der Waals surface area contributed by atoms with Gasteiger partial charge < -0.3 is 4.90 Å². The van der Waals surface area contributed by atoms with Gasteiger partial charge in [0.25, 0.3) is 0 Å². The fraction of sp³-hybridized carbons (Fsp3) is 0.0952. The zero-order valence-electron chi connectivity index (χ0n) is 14.3. The highest BCUT2D eigenvalue weighted by molar-refractivity contribution is 5.81. The first-order valence-electron chi connectivity index (χ1n) is 8.37. The second-order valence-corrected chi connectivity index (χ2v) is 5.79. The number of carbonyl (C=O) groups is 1. The molecule has 0 aliphatic rings. The summed E-state index contributed by atoms with van der Waals surface area (Å²) in [5.74, 6) is 0. The first-order chi connectivity index (χ1) is 12.8. The highest BCUT2D eigenvalue weighted by Crippen LogP contribution is 2.10. The van der Waals surface area contributed by atoms with Crippen molar-refractivity contribution < 1.29 is 4.79 Å². The van der Waals surface area contributed by atoms with Crippen LogP contribution in [0.2, 0.25) is 0 Å². The van der Waals surface area contributed by atoms with Crippen molar-refractivity contribution in [3.05, 3.63) is 102 Å². The van der Waals surface area contributed by atoms with Gasteiger partial charge in [0.15, 0.2) is 0 Å². The Morgan fingerprint density at radius 3 is 2.08 bits per heavy atom. The molecule has 3 rings (SSSR count). The average molecular weight is 344 g/mol. The average Bonchev–Trinajstić information content (AvgIpc) is 2.70. The van der Waals surface area contributed by atoms with Gasteiger partial charge in [0, 0.05) is 31.0 Å². The summed E-state index contributed by atoms with van der Waals surface area (Å²) in [4.78, 5) is 18.4. The zero-order valence-corrected chi connectivity index (χ0v) is 14.3. The van der Waals surface area contributed by atoms with E-state index in [1.807, 2.05) is 72.8 Å². The Labute approximate surface area is 153 Å². The van der Waals surface area contributed by atoms with E-state index in [-0.39, 0.29) is 6.03 Å². The number of urea groups is 1. The van der Waals surface area contributed by atoms with Crippen LogP contribution in [0.15, 0.2) is 90.3 Å². The van der Waals surface area contributed by atoms with Crippen LogP contribution in [0.4, 0.5) is 4.79 Å². The lowest BCUT2D eigenvalue weighted by Gasteiger charge is -2.22. The number of pyridine rings is 1. The number of aromatic nitrogens is 1. The van der Waals surface area contributed by atoms with Gasteiger partial charge in [-0.15, -0.1) is 0 Å². The first-order valence-corrected chi connectivity index (χ1v) is 8.37. The van der Waals surface area contributed by atoms with Crippen LogP contribution in [0, 0.1) is 0 Å². The molecule has 3 aromatic rings. The summed E-state index contributed by atoms with van der Waals surface area (Å²) in [7, 11) is 0. The molecule has 1 heterocycles. The van der Waals surface area contributed by atoms with E-state index in [1.54, 1.807) is 23.5 Å². The molecule has 0 atom stereocenters. The molecular formula is C21H20N4O. The molecule has 26 heavy (non-hydrogen) atoms. The van der Waals surface area contributed by atoms with Gasteiger partial charge >= 0.3 is 6.03 Å². The normalized spacial score (nSPS) is 10.6. The van der Waals surface area contributed by atoms with Gasteiger partial charge in [-0.2, -0.15) is 5.10 Å². The molecule has 5 heteroatoms. The molecule has 2 amide bonds. The van der Waals surface area contributed by atoms with Gasteiger partial charge in [-0.3, -0.25) is 4.98 Å². The maximum absolute atomic E-state index is 12.6. The van der Waals surface area contributed by atoms with Crippen molar-refractivity contribution in [1.29, 1.82) is 0 Å². The Morgan fingerprint density at radius 1 is 0.923 bits per heavy atom. The first kappa shape index (κ1) is 17.4. The lowest BCUT2D eigenvalue weighted by molar-refractivity contribution is 0.193. The molecule has 0 unspecified atom stereocenters. The number of rotatable bonds is 6. The van der Waals surface area contributed by atoms with Crippen LogP contribution in [0.1, 0.15) is 16.7 Å². The van der Waals surface area contributed by atoms with Gasteiger partial charge in [-0.1, -0.05) is 66.7 Å². The zero-order chi connectivity index (χ0) is 18.0. The lowest BCUT2D eigenvalue weighted by Crippen LogP contribution is -2.36. The SMILES string of the molecule is O=C(N/N=C/c1cccnc1)N(Cc1ccccc1)Cc1ccccc1. The molecule has 0 bridgehead atoms. The highest BCUT2D eigenvalue weighted by Gasteiger charge is 2.14. The molecule has 1 aromatic heterocycles. The van der Waals surface area contributed by atoms with Crippen LogP contribution in [0.3, 0.4) is 0 Å². The predicted molar refractivity (Wildman–Crippen MR) is 102 cm³/mol. The Kier molecular flexibility index (Phi) is 6.09. The van der Waals surface area contributed by atoms with E-state index in [1.165, 1.54) is 0 Å². The third kappa shape index (κ3) is 5.27. The minimum atomic E-state index is -0.252. The van der Waals surface area contributed by atoms with Crippen LogP contribution in [-0.2, 0) is 13.1 Å². The van der Waals surface area contributed by atoms with Crippen LogP contribution in [-0.4, -0.2) is 22.1 Å². The van der Waals surface area contributed by atoms with Gasteiger partial charge in [0.1, 0.15) is 0 Å². The molecule has 0 aliphatic heterocycles. The number of nitrogens with zero attached hydrogens (tertiary/aromatic N) is 3. The van der Waals surface area contributed by atoms with E-state index < -0.39 is 0 Å². The minimum Gasteiger partial charge on any atom is -0.315 e. The van der Waals surface area contributed by atoms with Crippen LogP contribution in [0.5, 0.6) is 0 Å². The number of hydrazone groups is 1. The van der Waals surface area contributed by atoms with Crippen molar-refractivity contribution in [3.8, 4) is 0 Å². The Bertz CT molecular complexity index is 794. The summed E-state index contributed by atoms with van der Waals surface area (Å²) in [5, 5.41) is 4.04. The molecule has 2 aromatic carbocycles. The Balaban J connectivity index is 1.69. The van der Waals surface area contributed by atoms with Crippen molar-refractivity contribution in [1.82, 2.24) is 15.3 Å². The van der Waals surface area contributed by atoms with Crippen molar-refractivity contribution in [3.63, 3.8) is 0 Å². The molecule has 0 fully saturated rings. The number of hydrogen-bond acceptors (Lipinski definition) is 3. The third-order valence-corrected chi connectivity index (χ3v) is 3.78. The predicted octanol–water partition coefficient (Wildman–Crippen LogP) is 3.83. The van der Waals surface area contributed by atoms with Gasteiger partial charge in [0.2, 0.25) is 0 Å². The standard InChI is InChI=1S/C21H20N4O/c26-21(24-23-15-20-12-7-13-22-14-20)25(16-18-8-3-1-4-9-18)17-19-10-5-2-6-11-19/h1-15H,16-17H2,(H,24,26)/b23-15+. The second kappa shape index (κ2) is 9.13. The fourth-order valence-electron chi connectivity index (χ4n) is 2.49. The number of hydrogen-bond donors (Lipinski definition) is 1. The fourth-order valence-corrected chi connectivity index (χ4v) is 2.49. The number of amides is 2. The van der Waals surface area contributed by atoms with Crippen molar-refractivity contribution in [2.24, 2.45) is 5.10 Å². The molecule has 0 spiro atoms. The monoisotopic (exact) mass is 344 g/mol. The molecule has 1 N–H and O–H groups in total. The summed E-state index contributed by atoms with van der Waals surface area (Å²) < 4.78 is 0. The van der Waals surface area contributed by atoms with Crippen LogP contribution in [0.25, 0.3) is 0 Å². The van der Waals surface area contributed by atoms with E-state index >= 15 is 0 Å². The minimum absolute atomic E-state index is 0.252. The summed E-state index contributed by atoms with van der Waals surface area (Å²) >= 11 is 0. The number of carbonyl (C=O) groups excluding carboxylic acids is 1. The van der Waals surface area contributed by atoms with Crippen LogP contribution < -0.4 is 5.43 Å². The maximum Gasteiger partial charge on any atom is 0.338 e. The van der Waals surface area contributed by atoms with Gasteiger partial charge in [-0.05, 0) is 17.2 Å². The molecular weight excluding hydrogens is 324 g/mol. The Hall–Kier alpha value is -3.47. The summed E-state index contributed by atoms with van der Waals surface area (Å²) in [6.07, 6.45) is 4.95. The van der Waals surface area contributed by atoms with Gasteiger partial charge in [-0.25, -0.2) is 10.2 Å². The molecule has 0 saturated carbocycles. The van der Waals surface area contributed by atoms with Crippen LogP contribution >= 0.6 is 0 Å². The lowest BCUT2D eigenvalue weighted by atomic mass is 10.2. The summed E-state index contributed by atoms with van der Waals surface area (Å²) in [6, 6.07) is 23.2. The maximum atomic E-state index is 12.6. The number of benzene rings is 2. The van der Waals surface area contributed by atoms with Crippen molar-refractivity contribution >= 4 is 12.2 Å². The Morgan fingerprint density at radius 2 is 1.54 bits per heavy atom. The van der Waals surface area contributed by atoms with Crippen molar-refractivity contribution in [2.45, 2.75) is 13.1 Å². The van der Waals surface area contributed by atoms with E-state index in [0.717, 1.165) is 16.7 Å². The summed E-state index contributed by atoms with van der Waals surface area (Å²) in [6.45, 7) is 1.01. The largest absolute Gasteiger partial charge is 0.338 e. The topological polar surface area (TPSA) is 57.6 Å². The van der Waals surface area contributed by atoms with Crippen molar-refractivity contribution in [2.75, 3.05) is 0 Å². The summed E-state index contributed by atoms with van der Waals surface area (Å²) in [5.41, 5.74) is 5.55. The van der Waals surface area contributed by atoms with E-state index in [4.69, 9.17) is 0 Å². The molecule has 130 valence electrons. The number of nitrogens with one attached hydrogen (secondary N) is 1. The van der Waals surface area contributed by atoms with E-state index in [2.05, 4.69) is 15.5 Å². The molecule has 0 saturated heterocycles. The third-order valence-electron chi connectivity index (χ3n) is 3.78. The smallest absolute Gasteiger partial charge is 0.315 e. The quantitative estimate of drug-likeness (QED) is 0.546. The second-order valence-electron chi connectivity index (χ2n) is 5.79. The highest BCUT2D eigenvalue weighted by atomic mass is 16.2. The van der Waals surface area contributed by atoms with E-state index in [9.17, 15) is 4.79 Å². The molecule has 0 aliphatic carbocycles. The van der Waals surface area contributed by atoms with Gasteiger partial charge in [0.05, 0.1) is 6.21 Å².